The third kappa shape index (κ3) is 43.3. The number of hydrogen-bond donors (Lipinski definition) is 2. The van der Waals surface area contributed by atoms with E-state index in [0.717, 1.165) is 13.2 Å². The Kier molecular flexibility index (Phi) is 28.5. The van der Waals surface area contributed by atoms with Crippen LogP contribution in [0.15, 0.2) is 0 Å². The lowest BCUT2D eigenvalue weighted by Crippen LogP contribution is -2.05. The van der Waals surface area contributed by atoms with Crippen LogP contribution < -0.4 is 0 Å². The third-order valence-corrected chi connectivity index (χ3v) is 1.50. The molecule has 0 heterocycles. The third-order valence-electron chi connectivity index (χ3n) is 1.50. The van der Waals surface area contributed by atoms with Crippen molar-refractivity contribution in [2.45, 2.75) is 34.6 Å². The van der Waals surface area contributed by atoms with Crippen molar-refractivity contribution in [3.8, 4) is 0 Å². The summed E-state index contributed by atoms with van der Waals surface area (Å²) in [4.78, 5) is 10.1. The molecular formula is C14H32O6. The van der Waals surface area contributed by atoms with Gasteiger partial charge < -0.3 is 24.4 Å². The van der Waals surface area contributed by atoms with Gasteiger partial charge >= 0.3 is 5.97 Å². The summed E-state index contributed by atoms with van der Waals surface area (Å²) < 4.78 is 14.1. The summed E-state index contributed by atoms with van der Waals surface area (Å²) in [7, 11) is 0. The van der Waals surface area contributed by atoms with Crippen LogP contribution in [0.3, 0.4) is 0 Å². The van der Waals surface area contributed by atoms with Crippen molar-refractivity contribution in [2.75, 3.05) is 46.2 Å². The summed E-state index contributed by atoms with van der Waals surface area (Å²) in [6.07, 6.45) is 0. The predicted octanol–water partition coefficient (Wildman–Crippen LogP) is 1.24. The van der Waals surface area contributed by atoms with Crippen molar-refractivity contribution in [1.82, 2.24) is 0 Å². The second kappa shape index (κ2) is 23.4. The quantitative estimate of drug-likeness (QED) is 0.518. The fraction of sp³-hybridized carbons (Fsp3) is 0.929. The van der Waals surface area contributed by atoms with E-state index in [1.54, 1.807) is 0 Å². The molecule has 0 atom stereocenters. The molecule has 0 bridgehead atoms. The fourth-order valence-corrected chi connectivity index (χ4v) is 0.719. The Hall–Kier alpha value is -0.690. The molecule has 0 aromatic rings. The van der Waals surface area contributed by atoms with Crippen LogP contribution in [0.5, 0.6) is 0 Å². The van der Waals surface area contributed by atoms with Gasteiger partial charge in [-0.1, -0.05) is 13.8 Å². The van der Waals surface area contributed by atoms with Crippen LogP contribution >= 0.6 is 0 Å². The number of hydrogen-bond acceptors (Lipinski definition) is 6. The van der Waals surface area contributed by atoms with Gasteiger partial charge in [-0.25, -0.2) is 0 Å². The molecule has 0 aromatic carbocycles. The minimum absolute atomic E-state index is 0.0278. The SMILES string of the molecule is CC(=O)OCC(C)C.CCOCC.OCCOCCO. The number of rotatable bonds is 8. The van der Waals surface area contributed by atoms with Gasteiger partial charge in [-0.15, -0.1) is 0 Å². The van der Waals surface area contributed by atoms with Gasteiger partial charge in [0.15, 0.2) is 0 Å². The molecule has 0 fully saturated rings. The topological polar surface area (TPSA) is 85.2 Å². The van der Waals surface area contributed by atoms with Crippen LogP contribution in [-0.4, -0.2) is 62.4 Å². The zero-order chi connectivity index (χ0) is 16.2. The highest BCUT2D eigenvalue weighted by Crippen LogP contribution is 1.91. The summed E-state index contributed by atoms with van der Waals surface area (Å²) in [5, 5.41) is 16.2. The average Bonchev–Trinajstić information content (AvgIpc) is 2.39. The first-order valence-corrected chi connectivity index (χ1v) is 6.96. The maximum absolute atomic E-state index is 10.1. The molecule has 6 nitrogen and oxygen atoms in total. The van der Waals surface area contributed by atoms with Gasteiger partial charge in [0.1, 0.15) is 0 Å². The lowest BCUT2D eigenvalue weighted by atomic mass is 10.2. The average molecular weight is 296 g/mol. The van der Waals surface area contributed by atoms with E-state index in [-0.39, 0.29) is 19.2 Å². The van der Waals surface area contributed by atoms with Gasteiger partial charge in [0.05, 0.1) is 33.0 Å². The highest BCUT2D eigenvalue weighted by Gasteiger charge is 1.94. The molecule has 0 spiro atoms. The van der Waals surface area contributed by atoms with Gasteiger partial charge in [0.2, 0.25) is 0 Å². The normalized spacial score (nSPS) is 9.20. The van der Waals surface area contributed by atoms with E-state index in [4.69, 9.17) is 14.9 Å². The Morgan fingerprint density at radius 2 is 1.45 bits per heavy atom. The van der Waals surface area contributed by atoms with Crippen molar-refractivity contribution in [3.05, 3.63) is 0 Å². The Balaban J connectivity index is -0.000000223. The maximum atomic E-state index is 10.1. The van der Waals surface area contributed by atoms with Crippen LogP contribution in [-0.2, 0) is 19.0 Å². The van der Waals surface area contributed by atoms with Gasteiger partial charge in [0, 0.05) is 20.1 Å². The first-order valence-electron chi connectivity index (χ1n) is 6.96. The number of aliphatic hydroxyl groups excluding tert-OH is 2. The van der Waals surface area contributed by atoms with E-state index in [0.29, 0.717) is 25.7 Å². The second-order valence-electron chi connectivity index (χ2n) is 4.04. The molecule has 6 heteroatoms. The monoisotopic (exact) mass is 296 g/mol. The number of carbonyl (C=O) groups excluding carboxylic acids is 1. The molecule has 20 heavy (non-hydrogen) atoms. The van der Waals surface area contributed by atoms with Gasteiger partial charge in [-0.3, -0.25) is 4.79 Å². The van der Waals surface area contributed by atoms with E-state index >= 15 is 0 Å². The molecule has 0 radical (unpaired) electrons. The summed E-state index contributed by atoms with van der Waals surface area (Å²) in [6, 6.07) is 0. The first kappa shape index (κ1) is 24.3. The van der Waals surface area contributed by atoms with Gasteiger partial charge in [-0.05, 0) is 19.8 Å². The van der Waals surface area contributed by atoms with E-state index in [9.17, 15) is 4.79 Å². The first-order chi connectivity index (χ1) is 9.45. The molecule has 0 rings (SSSR count). The maximum Gasteiger partial charge on any atom is 0.302 e. The highest BCUT2D eigenvalue weighted by molar-refractivity contribution is 5.65. The van der Waals surface area contributed by atoms with E-state index in [1.165, 1.54) is 6.92 Å². The lowest BCUT2D eigenvalue weighted by molar-refractivity contribution is -0.141. The summed E-state index contributed by atoms with van der Waals surface area (Å²) >= 11 is 0. The minimum Gasteiger partial charge on any atom is -0.466 e. The van der Waals surface area contributed by atoms with Crippen molar-refractivity contribution >= 4 is 5.97 Å². The Morgan fingerprint density at radius 3 is 1.60 bits per heavy atom. The standard InChI is InChI=1S/C6H12O2.C4H10O3.C4H10O/c1-5(2)4-8-6(3)7;5-1-3-7-4-2-6;1-3-5-4-2/h5H,4H2,1-3H3;5-6H,1-4H2;3-4H2,1-2H3. The Morgan fingerprint density at radius 1 is 1.00 bits per heavy atom. The lowest BCUT2D eigenvalue weighted by Gasteiger charge is -2.02. The molecule has 124 valence electrons. The molecule has 0 aromatic heterocycles. The fourth-order valence-electron chi connectivity index (χ4n) is 0.719. The van der Waals surface area contributed by atoms with Crippen molar-refractivity contribution in [2.24, 2.45) is 5.92 Å². The smallest absolute Gasteiger partial charge is 0.302 e. The zero-order valence-corrected chi connectivity index (χ0v) is 13.6. The molecule has 0 amide bonds. The summed E-state index contributed by atoms with van der Waals surface area (Å²) in [5.41, 5.74) is 0. The summed E-state index contributed by atoms with van der Waals surface area (Å²) in [6.45, 7) is 12.3. The van der Waals surface area contributed by atoms with Crippen LogP contribution in [0.1, 0.15) is 34.6 Å². The van der Waals surface area contributed by atoms with Crippen LogP contribution in [0, 0.1) is 5.92 Å². The van der Waals surface area contributed by atoms with Crippen LogP contribution in [0.25, 0.3) is 0 Å². The van der Waals surface area contributed by atoms with Gasteiger partial charge in [0.25, 0.3) is 0 Å². The largest absolute Gasteiger partial charge is 0.466 e. The molecule has 0 saturated carbocycles. The van der Waals surface area contributed by atoms with E-state index < -0.39 is 0 Å². The number of ether oxygens (including phenoxy) is 3. The molecule has 0 unspecified atom stereocenters. The zero-order valence-electron chi connectivity index (χ0n) is 13.6. The highest BCUT2D eigenvalue weighted by atomic mass is 16.5. The Bertz CT molecular complexity index is 167. The second-order valence-corrected chi connectivity index (χ2v) is 4.04. The minimum atomic E-state index is -0.196. The predicted molar refractivity (Wildman–Crippen MR) is 78.6 cm³/mol. The molecule has 0 aliphatic carbocycles. The number of esters is 1. The van der Waals surface area contributed by atoms with Crippen LogP contribution in [0.4, 0.5) is 0 Å². The molecule has 2 N–H and O–H groups in total. The number of aliphatic hydroxyl groups is 2. The number of carbonyl (C=O) groups is 1. The molecular weight excluding hydrogens is 264 g/mol. The van der Waals surface area contributed by atoms with Crippen molar-refractivity contribution in [3.63, 3.8) is 0 Å². The molecule has 0 aliphatic heterocycles. The van der Waals surface area contributed by atoms with Crippen molar-refractivity contribution in [1.29, 1.82) is 0 Å². The molecule has 0 saturated heterocycles. The Labute approximate surface area is 123 Å². The van der Waals surface area contributed by atoms with Crippen molar-refractivity contribution < 1.29 is 29.2 Å². The van der Waals surface area contributed by atoms with E-state index in [1.807, 2.05) is 27.7 Å². The van der Waals surface area contributed by atoms with Gasteiger partial charge in [-0.2, -0.15) is 0 Å². The summed E-state index contributed by atoms with van der Waals surface area (Å²) in [5.74, 6) is 0.248. The van der Waals surface area contributed by atoms with Crippen LogP contribution in [0.2, 0.25) is 0 Å². The molecule has 0 aliphatic rings. The van der Waals surface area contributed by atoms with E-state index in [2.05, 4.69) is 9.47 Å².